The maximum atomic E-state index is 10.7. The number of methoxy groups -OCH3 is 1. The van der Waals surface area contributed by atoms with Crippen LogP contribution in [-0.4, -0.2) is 26.2 Å². The predicted molar refractivity (Wildman–Crippen MR) is 39.8 cm³/mol. The summed E-state index contributed by atoms with van der Waals surface area (Å²) in [5.74, 6) is -0.152. The third-order valence-corrected chi connectivity index (χ3v) is 1.54. The number of hydrogen-bond donors (Lipinski definition) is 1. The minimum absolute atomic E-state index is 0.152. The summed E-state index contributed by atoms with van der Waals surface area (Å²) >= 11 is 0. The summed E-state index contributed by atoms with van der Waals surface area (Å²) in [5, 5.41) is 3.02. The second-order valence-corrected chi connectivity index (χ2v) is 2.17. The van der Waals surface area contributed by atoms with Crippen molar-refractivity contribution in [3.8, 4) is 0 Å². The number of ether oxygens (including phenoxy) is 1. The van der Waals surface area contributed by atoms with Gasteiger partial charge in [0, 0.05) is 6.04 Å². The van der Waals surface area contributed by atoms with Gasteiger partial charge in [-0.3, -0.25) is 4.79 Å². The molecule has 0 aromatic heterocycles. The molecule has 0 aromatic rings. The molecule has 0 spiro atoms. The van der Waals surface area contributed by atoms with Gasteiger partial charge >= 0.3 is 5.97 Å². The molecule has 0 aliphatic heterocycles. The number of hydrogen-bond acceptors (Lipinski definition) is 3. The number of carbonyl (C=O) groups excluding carboxylic acids is 1. The minimum atomic E-state index is -0.152. The Morgan fingerprint density at radius 1 is 1.70 bits per heavy atom. The van der Waals surface area contributed by atoms with E-state index < -0.39 is 0 Å². The Balaban J connectivity index is 3.52. The van der Waals surface area contributed by atoms with E-state index in [1.165, 1.54) is 7.11 Å². The van der Waals surface area contributed by atoms with Gasteiger partial charge in [0.2, 0.25) is 0 Å². The average molecular weight is 145 g/mol. The summed E-state index contributed by atoms with van der Waals surface area (Å²) in [4.78, 5) is 10.7. The highest BCUT2D eigenvalue weighted by atomic mass is 16.5. The molecular formula is C7H15NO2. The molecule has 0 heterocycles. The highest BCUT2D eigenvalue weighted by Crippen LogP contribution is 1.97. The van der Waals surface area contributed by atoms with Gasteiger partial charge in [-0.1, -0.05) is 6.92 Å². The van der Waals surface area contributed by atoms with E-state index >= 15 is 0 Å². The summed E-state index contributed by atoms with van der Waals surface area (Å²) in [6.07, 6.45) is 1.41. The Bertz CT molecular complexity index is 99.8. The van der Waals surface area contributed by atoms with E-state index in [9.17, 15) is 4.79 Å². The molecule has 0 bridgehead atoms. The van der Waals surface area contributed by atoms with Crippen molar-refractivity contribution in [2.75, 3.05) is 14.2 Å². The lowest BCUT2D eigenvalue weighted by molar-refractivity contribution is -0.141. The van der Waals surface area contributed by atoms with Gasteiger partial charge in [-0.15, -0.1) is 0 Å². The molecule has 0 saturated carbocycles. The lowest BCUT2D eigenvalue weighted by Crippen LogP contribution is -2.27. The number of rotatable bonds is 4. The summed E-state index contributed by atoms with van der Waals surface area (Å²) in [7, 11) is 3.25. The van der Waals surface area contributed by atoms with Crippen LogP contribution in [0.4, 0.5) is 0 Å². The van der Waals surface area contributed by atoms with Gasteiger partial charge in [0.25, 0.3) is 0 Å². The molecule has 10 heavy (non-hydrogen) atoms. The molecule has 1 N–H and O–H groups in total. The van der Waals surface area contributed by atoms with Crippen LogP contribution in [0.2, 0.25) is 0 Å². The fraction of sp³-hybridized carbons (Fsp3) is 0.857. The Hall–Kier alpha value is -0.570. The van der Waals surface area contributed by atoms with Crippen molar-refractivity contribution < 1.29 is 9.53 Å². The van der Waals surface area contributed by atoms with Crippen LogP contribution in [-0.2, 0) is 9.53 Å². The third kappa shape index (κ3) is 3.45. The van der Waals surface area contributed by atoms with Crippen LogP contribution in [0.25, 0.3) is 0 Å². The lowest BCUT2D eigenvalue weighted by Gasteiger charge is -2.10. The van der Waals surface area contributed by atoms with Crippen molar-refractivity contribution >= 4 is 5.97 Å². The molecule has 0 unspecified atom stereocenters. The highest BCUT2D eigenvalue weighted by Gasteiger charge is 2.08. The zero-order valence-electron chi connectivity index (χ0n) is 6.81. The molecule has 0 rings (SSSR count). The summed E-state index contributed by atoms with van der Waals surface area (Å²) < 4.78 is 4.51. The SMILES string of the molecule is CC[C@H](CC(=O)OC)NC. The molecule has 0 aromatic carbocycles. The van der Waals surface area contributed by atoms with Crippen LogP contribution in [0, 0.1) is 0 Å². The van der Waals surface area contributed by atoms with Gasteiger partial charge in [-0.05, 0) is 13.5 Å². The molecule has 0 saturated heterocycles. The molecule has 0 radical (unpaired) electrons. The van der Waals surface area contributed by atoms with Crippen LogP contribution in [0.1, 0.15) is 19.8 Å². The lowest BCUT2D eigenvalue weighted by atomic mass is 10.1. The summed E-state index contributed by atoms with van der Waals surface area (Å²) in [6, 6.07) is 0.257. The first kappa shape index (κ1) is 9.43. The maximum Gasteiger partial charge on any atom is 0.307 e. The topological polar surface area (TPSA) is 38.3 Å². The molecule has 1 atom stereocenters. The predicted octanol–water partition coefficient (Wildman–Crippen LogP) is 0.547. The molecule has 0 fully saturated rings. The van der Waals surface area contributed by atoms with Crippen LogP contribution in [0.5, 0.6) is 0 Å². The molecule has 0 aliphatic carbocycles. The zero-order valence-corrected chi connectivity index (χ0v) is 6.81. The number of carbonyl (C=O) groups is 1. The van der Waals surface area contributed by atoms with Crippen LogP contribution in [0.15, 0.2) is 0 Å². The second kappa shape index (κ2) is 5.23. The quantitative estimate of drug-likeness (QED) is 0.587. The van der Waals surface area contributed by atoms with Crippen LogP contribution >= 0.6 is 0 Å². The normalized spacial score (nSPS) is 12.7. The molecule has 3 heteroatoms. The van der Waals surface area contributed by atoms with Gasteiger partial charge in [0.05, 0.1) is 13.5 Å². The van der Waals surface area contributed by atoms with Crippen molar-refractivity contribution in [3.05, 3.63) is 0 Å². The van der Waals surface area contributed by atoms with Gasteiger partial charge in [-0.2, -0.15) is 0 Å². The summed E-state index contributed by atoms with van der Waals surface area (Å²) in [5.41, 5.74) is 0. The first-order chi connectivity index (χ1) is 4.74. The molecular weight excluding hydrogens is 130 g/mol. The van der Waals surface area contributed by atoms with E-state index in [4.69, 9.17) is 0 Å². The Kier molecular flexibility index (Phi) is 4.94. The van der Waals surface area contributed by atoms with E-state index in [1.54, 1.807) is 0 Å². The van der Waals surface area contributed by atoms with Crippen LogP contribution in [0.3, 0.4) is 0 Å². The largest absolute Gasteiger partial charge is 0.469 e. The van der Waals surface area contributed by atoms with Gasteiger partial charge < -0.3 is 10.1 Å². The number of esters is 1. The molecule has 60 valence electrons. The fourth-order valence-electron chi connectivity index (χ4n) is 0.735. The van der Waals surface area contributed by atoms with E-state index in [2.05, 4.69) is 10.1 Å². The van der Waals surface area contributed by atoms with Gasteiger partial charge in [-0.25, -0.2) is 0 Å². The Morgan fingerprint density at radius 2 is 2.30 bits per heavy atom. The maximum absolute atomic E-state index is 10.7. The third-order valence-electron chi connectivity index (χ3n) is 1.54. The van der Waals surface area contributed by atoms with Crippen molar-refractivity contribution in [1.82, 2.24) is 5.32 Å². The Morgan fingerprint density at radius 3 is 2.60 bits per heavy atom. The molecule has 3 nitrogen and oxygen atoms in total. The number of nitrogens with one attached hydrogen (secondary N) is 1. The van der Waals surface area contributed by atoms with Crippen molar-refractivity contribution in [3.63, 3.8) is 0 Å². The smallest absolute Gasteiger partial charge is 0.307 e. The first-order valence-electron chi connectivity index (χ1n) is 3.48. The Labute approximate surface area is 61.8 Å². The van der Waals surface area contributed by atoms with E-state index in [0.717, 1.165) is 6.42 Å². The molecule has 0 aliphatic rings. The van der Waals surface area contributed by atoms with E-state index in [1.807, 2.05) is 14.0 Å². The first-order valence-corrected chi connectivity index (χ1v) is 3.48. The van der Waals surface area contributed by atoms with Crippen molar-refractivity contribution in [1.29, 1.82) is 0 Å². The van der Waals surface area contributed by atoms with E-state index in [0.29, 0.717) is 6.42 Å². The standard InChI is InChI=1S/C7H15NO2/c1-4-6(8-2)5-7(9)10-3/h6,8H,4-5H2,1-3H3/t6-/m1/s1. The average Bonchev–Trinajstić information content (AvgIpc) is 1.99. The minimum Gasteiger partial charge on any atom is -0.469 e. The van der Waals surface area contributed by atoms with E-state index in [-0.39, 0.29) is 12.0 Å². The second-order valence-electron chi connectivity index (χ2n) is 2.17. The molecule has 0 amide bonds. The zero-order chi connectivity index (χ0) is 7.98. The van der Waals surface area contributed by atoms with Gasteiger partial charge in [0.1, 0.15) is 0 Å². The van der Waals surface area contributed by atoms with Crippen LogP contribution < -0.4 is 5.32 Å². The van der Waals surface area contributed by atoms with Crippen molar-refractivity contribution in [2.45, 2.75) is 25.8 Å². The fourth-order valence-corrected chi connectivity index (χ4v) is 0.735. The van der Waals surface area contributed by atoms with Gasteiger partial charge in [0.15, 0.2) is 0 Å². The summed E-state index contributed by atoms with van der Waals surface area (Å²) in [6.45, 7) is 2.03. The highest BCUT2D eigenvalue weighted by molar-refractivity contribution is 5.69. The monoisotopic (exact) mass is 145 g/mol. The van der Waals surface area contributed by atoms with Crippen molar-refractivity contribution in [2.24, 2.45) is 0 Å².